The molecule has 0 bridgehead atoms. The molecule has 3 aromatic heterocycles. The fourth-order valence-electron chi connectivity index (χ4n) is 3.94. The zero-order chi connectivity index (χ0) is 22.2. The molecule has 8 nitrogen and oxygen atoms in total. The molecule has 0 saturated heterocycles. The minimum Gasteiger partial charge on any atom is -0.358 e. The maximum atomic E-state index is 13.4. The topological polar surface area (TPSA) is 112 Å². The van der Waals surface area contributed by atoms with Crippen molar-refractivity contribution in [2.75, 3.05) is 11.9 Å². The van der Waals surface area contributed by atoms with Gasteiger partial charge in [-0.05, 0) is 56.0 Å². The van der Waals surface area contributed by atoms with Crippen LogP contribution in [0.3, 0.4) is 0 Å². The summed E-state index contributed by atoms with van der Waals surface area (Å²) in [6, 6.07) is 8.58. The van der Waals surface area contributed by atoms with Crippen molar-refractivity contribution in [3.8, 4) is 0 Å². The zero-order valence-electron chi connectivity index (χ0n) is 17.1. The van der Waals surface area contributed by atoms with E-state index in [9.17, 15) is 4.79 Å². The average molecular weight is 470 g/mol. The van der Waals surface area contributed by atoms with Crippen LogP contribution >= 0.6 is 23.2 Å². The lowest BCUT2D eigenvalue weighted by molar-refractivity contribution is 0.531. The molecule has 1 aliphatic carbocycles. The van der Waals surface area contributed by atoms with Crippen LogP contribution in [0.4, 0.5) is 5.82 Å². The number of aromatic nitrogens is 5. The summed E-state index contributed by atoms with van der Waals surface area (Å²) in [6.45, 7) is 0.922. The molecule has 5 rings (SSSR count). The van der Waals surface area contributed by atoms with E-state index in [-0.39, 0.29) is 11.6 Å². The second kappa shape index (κ2) is 8.61. The average Bonchev–Trinajstić information content (AvgIpc) is 3.62. The standard InChI is InChI=1S/C22H21Cl2N7O/c23-13-3-1-4-14-17(13)22(32)31(10-2-9-25)21(28-14)18(12-5-6-12)30-20-19-15(26-11-27-20)7-8-16(24)29-19/h1,3-4,7-8,11-12,18H,2,5-6,9-10,25H2,(H,26,27,30)/t18-/m0/s1. The Labute approximate surface area is 193 Å². The van der Waals surface area contributed by atoms with Crippen molar-refractivity contribution in [2.45, 2.75) is 31.8 Å². The van der Waals surface area contributed by atoms with E-state index in [1.54, 1.807) is 28.8 Å². The summed E-state index contributed by atoms with van der Waals surface area (Å²) in [5.41, 5.74) is 7.42. The number of fused-ring (bicyclic) bond motifs is 2. The van der Waals surface area contributed by atoms with Crippen LogP contribution in [0.2, 0.25) is 10.2 Å². The highest BCUT2D eigenvalue weighted by molar-refractivity contribution is 6.35. The van der Waals surface area contributed by atoms with Crippen molar-refractivity contribution in [2.24, 2.45) is 11.7 Å². The lowest BCUT2D eigenvalue weighted by Gasteiger charge is -2.23. The number of nitrogens with one attached hydrogen (secondary N) is 1. The number of hydrogen-bond acceptors (Lipinski definition) is 7. The number of halogens is 2. The van der Waals surface area contributed by atoms with Crippen LogP contribution in [0, 0.1) is 5.92 Å². The van der Waals surface area contributed by atoms with Crippen molar-refractivity contribution in [1.82, 2.24) is 24.5 Å². The summed E-state index contributed by atoms with van der Waals surface area (Å²) in [6.07, 6.45) is 4.18. The Hall–Kier alpha value is -2.81. The molecule has 1 saturated carbocycles. The Morgan fingerprint density at radius 2 is 1.97 bits per heavy atom. The van der Waals surface area contributed by atoms with Crippen LogP contribution in [0.15, 0.2) is 41.5 Å². The number of hydrogen-bond donors (Lipinski definition) is 2. The van der Waals surface area contributed by atoms with E-state index in [1.807, 2.05) is 6.07 Å². The second-order valence-electron chi connectivity index (χ2n) is 7.89. The molecule has 0 radical (unpaired) electrons. The lowest BCUT2D eigenvalue weighted by atomic mass is 10.1. The Kier molecular flexibility index (Phi) is 5.67. The van der Waals surface area contributed by atoms with E-state index in [0.717, 1.165) is 12.8 Å². The highest BCUT2D eigenvalue weighted by atomic mass is 35.5. The molecule has 1 fully saturated rings. The fraction of sp³-hybridized carbons (Fsp3) is 0.318. The van der Waals surface area contributed by atoms with Gasteiger partial charge in [0.05, 0.1) is 27.5 Å². The first-order valence-electron chi connectivity index (χ1n) is 10.5. The number of anilines is 1. The number of benzene rings is 1. The van der Waals surface area contributed by atoms with Crippen molar-refractivity contribution in [1.29, 1.82) is 0 Å². The molecule has 0 aliphatic heterocycles. The van der Waals surface area contributed by atoms with Crippen molar-refractivity contribution in [3.63, 3.8) is 0 Å². The van der Waals surface area contributed by atoms with Gasteiger partial charge in [-0.3, -0.25) is 9.36 Å². The minimum atomic E-state index is -0.234. The summed E-state index contributed by atoms with van der Waals surface area (Å²) in [5.74, 6) is 1.52. The van der Waals surface area contributed by atoms with Crippen LogP contribution < -0.4 is 16.6 Å². The summed E-state index contributed by atoms with van der Waals surface area (Å²) in [5, 5.41) is 4.66. The van der Waals surface area contributed by atoms with Crippen LogP contribution in [0.25, 0.3) is 21.9 Å². The predicted molar refractivity (Wildman–Crippen MR) is 126 cm³/mol. The van der Waals surface area contributed by atoms with Gasteiger partial charge in [0.15, 0.2) is 5.82 Å². The molecular weight excluding hydrogens is 449 g/mol. The Morgan fingerprint density at radius 3 is 2.75 bits per heavy atom. The Balaban J connectivity index is 1.67. The molecule has 1 atom stereocenters. The van der Waals surface area contributed by atoms with Gasteiger partial charge < -0.3 is 11.1 Å². The maximum Gasteiger partial charge on any atom is 0.262 e. The Bertz CT molecular complexity index is 1370. The number of nitrogens with zero attached hydrogens (tertiary/aromatic N) is 5. The van der Waals surface area contributed by atoms with Gasteiger partial charge in [-0.2, -0.15) is 0 Å². The highest BCUT2D eigenvalue weighted by Crippen LogP contribution is 2.43. The normalized spacial score (nSPS) is 14.7. The minimum absolute atomic E-state index is 0.162. The maximum absolute atomic E-state index is 13.4. The third kappa shape index (κ3) is 3.90. The van der Waals surface area contributed by atoms with E-state index in [4.69, 9.17) is 33.9 Å². The molecule has 164 valence electrons. The molecule has 0 spiro atoms. The fourth-order valence-corrected chi connectivity index (χ4v) is 4.33. The third-order valence-electron chi connectivity index (χ3n) is 5.66. The SMILES string of the molecule is NCCCn1c([C@@H](Nc2ncnc3ccc(Cl)nc23)C2CC2)nc2cccc(Cl)c2c1=O. The van der Waals surface area contributed by atoms with Gasteiger partial charge in [-0.15, -0.1) is 0 Å². The summed E-state index contributed by atoms with van der Waals surface area (Å²) in [7, 11) is 0. The molecular formula is C22H21Cl2N7O. The van der Waals surface area contributed by atoms with Crippen LogP contribution in [-0.2, 0) is 6.54 Å². The largest absolute Gasteiger partial charge is 0.358 e. The van der Waals surface area contributed by atoms with Crippen molar-refractivity contribution in [3.05, 3.63) is 63.0 Å². The van der Waals surface area contributed by atoms with Crippen molar-refractivity contribution < 1.29 is 0 Å². The van der Waals surface area contributed by atoms with Gasteiger partial charge in [-0.1, -0.05) is 29.3 Å². The van der Waals surface area contributed by atoms with Gasteiger partial charge >= 0.3 is 0 Å². The van der Waals surface area contributed by atoms with Gasteiger partial charge in [0, 0.05) is 6.54 Å². The molecule has 3 heterocycles. The molecule has 4 aromatic rings. The van der Waals surface area contributed by atoms with Crippen LogP contribution in [0.5, 0.6) is 0 Å². The molecule has 3 N–H and O–H groups in total. The smallest absolute Gasteiger partial charge is 0.262 e. The van der Waals surface area contributed by atoms with Crippen LogP contribution in [0.1, 0.15) is 31.1 Å². The molecule has 10 heteroatoms. The highest BCUT2D eigenvalue weighted by Gasteiger charge is 2.36. The van der Waals surface area contributed by atoms with Crippen molar-refractivity contribution >= 4 is 51.0 Å². The molecule has 1 aliphatic rings. The number of pyridine rings is 1. The second-order valence-corrected chi connectivity index (χ2v) is 8.68. The van der Waals surface area contributed by atoms with Gasteiger partial charge in [-0.25, -0.2) is 19.9 Å². The molecule has 32 heavy (non-hydrogen) atoms. The third-order valence-corrected chi connectivity index (χ3v) is 6.19. The quantitative estimate of drug-likeness (QED) is 0.394. The first-order chi connectivity index (χ1) is 15.6. The molecule has 0 unspecified atom stereocenters. The molecule has 1 aromatic carbocycles. The first-order valence-corrected chi connectivity index (χ1v) is 11.2. The van der Waals surface area contributed by atoms with Gasteiger partial charge in [0.25, 0.3) is 5.56 Å². The Morgan fingerprint density at radius 1 is 1.12 bits per heavy atom. The van der Waals surface area contributed by atoms with E-state index in [1.165, 1.54) is 6.33 Å². The number of rotatable bonds is 7. The van der Waals surface area contributed by atoms with E-state index >= 15 is 0 Å². The van der Waals surface area contributed by atoms with E-state index < -0.39 is 0 Å². The van der Waals surface area contributed by atoms with Gasteiger partial charge in [0.1, 0.15) is 22.8 Å². The van der Waals surface area contributed by atoms with E-state index in [2.05, 4.69) is 20.3 Å². The summed E-state index contributed by atoms with van der Waals surface area (Å²) < 4.78 is 1.70. The lowest BCUT2D eigenvalue weighted by Crippen LogP contribution is -2.31. The first kappa shape index (κ1) is 21.1. The number of nitrogens with two attached hydrogens (primary N) is 1. The summed E-state index contributed by atoms with van der Waals surface area (Å²) in [4.78, 5) is 31.4. The van der Waals surface area contributed by atoms with E-state index in [0.29, 0.717) is 69.2 Å². The van der Waals surface area contributed by atoms with Gasteiger partial charge in [0.2, 0.25) is 0 Å². The summed E-state index contributed by atoms with van der Waals surface area (Å²) >= 11 is 12.5. The van der Waals surface area contributed by atoms with Crippen LogP contribution in [-0.4, -0.2) is 31.0 Å². The molecule has 0 amide bonds. The predicted octanol–water partition coefficient (Wildman–Crippen LogP) is 3.95. The zero-order valence-corrected chi connectivity index (χ0v) is 18.6. The monoisotopic (exact) mass is 469 g/mol.